The third-order valence-electron chi connectivity index (χ3n) is 3.69. The fourth-order valence-corrected chi connectivity index (χ4v) is 2.25. The van der Waals surface area contributed by atoms with Crippen LogP contribution in [0.25, 0.3) is 12.2 Å². The maximum atomic E-state index is 4.31. The average molecular weight is 383 g/mol. The van der Waals surface area contributed by atoms with Gasteiger partial charge in [0.15, 0.2) is 5.82 Å². The van der Waals surface area contributed by atoms with Gasteiger partial charge in [0.05, 0.1) is 0 Å². The number of nitrogens with one attached hydrogen (secondary N) is 2. The summed E-state index contributed by atoms with van der Waals surface area (Å²) in [6.07, 6.45) is 10.8. The van der Waals surface area contributed by atoms with Gasteiger partial charge in [0.2, 0.25) is 0 Å². The van der Waals surface area contributed by atoms with Crippen LogP contribution in [0.4, 0.5) is 11.8 Å². The van der Waals surface area contributed by atoms with Crippen molar-refractivity contribution >= 4 is 36.3 Å². The van der Waals surface area contributed by atoms with Crippen molar-refractivity contribution in [3.05, 3.63) is 89.6 Å². The first-order valence-electron chi connectivity index (χ1n) is 9.04. The summed E-state index contributed by atoms with van der Waals surface area (Å²) in [5, 5.41) is 16.2. The van der Waals surface area contributed by atoms with Gasteiger partial charge >= 0.3 is 0 Å². The number of nitrogens with zero attached hydrogens (tertiary/aromatic N) is 5. The Labute approximate surface area is 169 Å². The van der Waals surface area contributed by atoms with Crippen LogP contribution < -0.4 is 10.9 Å². The van der Waals surface area contributed by atoms with Crippen molar-refractivity contribution in [2.75, 3.05) is 10.9 Å². The number of hydrogen-bond donors (Lipinski definition) is 2. The summed E-state index contributed by atoms with van der Waals surface area (Å²) in [6, 6.07) is 19.9. The van der Waals surface area contributed by atoms with Crippen molar-refractivity contribution in [3.63, 3.8) is 0 Å². The van der Waals surface area contributed by atoms with Crippen molar-refractivity contribution in [3.8, 4) is 0 Å². The number of hydrazone groups is 2. The summed E-state index contributed by atoms with van der Waals surface area (Å²) < 4.78 is 0. The Morgan fingerprint density at radius 2 is 1.28 bits per heavy atom. The first-order valence-corrected chi connectivity index (χ1v) is 9.04. The van der Waals surface area contributed by atoms with E-state index in [1.807, 2.05) is 85.0 Å². The lowest BCUT2D eigenvalue weighted by Gasteiger charge is -2.03. The molecule has 7 heteroatoms. The Kier molecular flexibility index (Phi) is 7.37. The smallest absolute Gasteiger partial charge is 0.260 e. The molecule has 0 unspecified atom stereocenters. The lowest BCUT2D eigenvalue weighted by molar-refractivity contribution is 0.922. The zero-order valence-corrected chi connectivity index (χ0v) is 16.0. The van der Waals surface area contributed by atoms with Gasteiger partial charge in [0.1, 0.15) is 5.69 Å². The number of hydrogen-bond acceptors (Lipinski definition) is 7. The van der Waals surface area contributed by atoms with Crippen molar-refractivity contribution in [2.24, 2.45) is 10.2 Å². The molecule has 0 fully saturated rings. The molecule has 1 aromatic heterocycles. The molecule has 0 aliphatic rings. The Balaban J connectivity index is 1.52. The second-order valence-electron chi connectivity index (χ2n) is 5.89. The molecule has 0 saturated heterocycles. The van der Waals surface area contributed by atoms with Crippen molar-refractivity contribution in [1.29, 1.82) is 0 Å². The molecular formula is C22H21N7. The third kappa shape index (κ3) is 6.84. The van der Waals surface area contributed by atoms with Gasteiger partial charge in [-0.1, -0.05) is 72.8 Å². The van der Waals surface area contributed by atoms with Crippen molar-refractivity contribution < 1.29 is 0 Å². The maximum Gasteiger partial charge on any atom is 0.265 e. The topological polar surface area (TPSA) is 87.5 Å². The van der Waals surface area contributed by atoms with E-state index >= 15 is 0 Å². The SMILES string of the molecule is Cc1nnc(N/N=C/C=C/c2ccccc2)nc1N/N=C/C=C/c1ccccc1. The summed E-state index contributed by atoms with van der Waals surface area (Å²) in [7, 11) is 0. The van der Waals surface area contributed by atoms with Crippen LogP contribution >= 0.6 is 0 Å². The van der Waals surface area contributed by atoms with Crippen LogP contribution in [-0.4, -0.2) is 27.6 Å². The van der Waals surface area contributed by atoms with Gasteiger partial charge in [-0.2, -0.15) is 15.2 Å². The van der Waals surface area contributed by atoms with Gasteiger partial charge in [-0.15, -0.1) is 10.2 Å². The molecule has 0 amide bonds. The largest absolute Gasteiger partial charge is 0.265 e. The molecule has 2 N–H and O–H groups in total. The van der Waals surface area contributed by atoms with Crippen LogP contribution in [0.3, 0.4) is 0 Å². The lowest BCUT2D eigenvalue weighted by Crippen LogP contribution is -2.04. The Bertz CT molecular complexity index is 1010. The maximum absolute atomic E-state index is 4.31. The molecule has 2 aromatic carbocycles. The predicted octanol–water partition coefficient (Wildman–Crippen LogP) is 4.40. The number of benzene rings is 2. The molecule has 0 atom stereocenters. The molecule has 0 aliphatic carbocycles. The highest BCUT2D eigenvalue weighted by Crippen LogP contribution is 2.09. The van der Waals surface area contributed by atoms with Crippen LogP contribution in [0.2, 0.25) is 0 Å². The molecule has 0 spiro atoms. The van der Waals surface area contributed by atoms with Gasteiger partial charge in [0, 0.05) is 12.4 Å². The Morgan fingerprint density at radius 1 is 0.724 bits per heavy atom. The lowest BCUT2D eigenvalue weighted by atomic mass is 10.2. The molecule has 0 saturated carbocycles. The molecule has 3 rings (SSSR count). The number of rotatable bonds is 8. The van der Waals surface area contributed by atoms with E-state index < -0.39 is 0 Å². The predicted molar refractivity (Wildman–Crippen MR) is 120 cm³/mol. The summed E-state index contributed by atoms with van der Waals surface area (Å²) in [6.45, 7) is 1.80. The number of aromatic nitrogens is 3. The third-order valence-corrected chi connectivity index (χ3v) is 3.69. The Morgan fingerprint density at radius 3 is 1.86 bits per heavy atom. The van der Waals surface area contributed by atoms with Gasteiger partial charge in [-0.05, 0) is 30.2 Å². The van der Waals surface area contributed by atoms with E-state index in [2.05, 4.69) is 36.2 Å². The zero-order chi connectivity index (χ0) is 20.2. The minimum Gasteiger partial charge on any atom is -0.260 e. The number of allylic oxidation sites excluding steroid dienone is 2. The van der Waals surface area contributed by atoms with Crippen LogP contribution in [0.5, 0.6) is 0 Å². The van der Waals surface area contributed by atoms with E-state index in [0.717, 1.165) is 11.1 Å². The highest BCUT2D eigenvalue weighted by atomic mass is 15.4. The van der Waals surface area contributed by atoms with Crippen LogP contribution in [0, 0.1) is 6.92 Å². The second-order valence-corrected chi connectivity index (χ2v) is 5.89. The molecule has 0 aliphatic heterocycles. The normalized spacial score (nSPS) is 11.8. The molecule has 29 heavy (non-hydrogen) atoms. The highest BCUT2D eigenvalue weighted by molar-refractivity contribution is 5.79. The summed E-state index contributed by atoms with van der Waals surface area (Å²) >= 11 is 0. The minimum atomic E-state index is 0.275. The van der Waals surface area contributed by atoms with E-state index in [-0.39, 0.29) is 5.95 Å². The molecule has 7 nitrogen and oxygen atoms in total. The summed E-state index contributed by atoms with van der Waals surface area (Å²) in [4.78, 5) is 4.31. The van der Waals surface area contributed by atoms with Gasteiger partial charge in [0.25, 0.3) is 5.95 Å². The molecule has 0 bridgehead atoms. The molecule has 3 aromatic rings. The summed E-state index contributed by atoms with van der Waals surface area (Å²) in [5.74, 6) is 0.777. The van der Waals surface area contributed by atoms with E-state index in [4.69, 9.17) is 0 Å². The monoisotopic (exact) mass is 383 g/mol. The van der Waals surface area contributed by atoms with Crippen molar-refractivity contribution in [2.45, 2.75) is 6.92 Å². The zero-order valence-electron chi connectivity index (χ0n) is 16.0. The van der Waals surface area contributed by atoms with Crippen LogP contribution in [-0.2, 0) is 0 Å². The van der Waals surface area contributed by atoms with E-state index in [9.17, 15) is 0 Å². The van der Waals surface area contributed by atoms with E-state index in [0.29, 0.717) is 11.5 Å². The van der Waals surface area contributed by atoms with Gasteiger partial charge in [-0.3, -0.25) is 5.43 Å². The molecule has 0 radical (unpaired) electrons. The molecule has 144 valence electrons. The number of aryl methyl sites for hydroxylation is 1. The first-order chi connectivity index (χ1) is 14.3. The highest BCUT2D eigenvalue weighted by Gasteiger charge is 2.03. The van der Waals surface area contributed by atoms with Gasteiger partial charge in [-0.25, -0.2) is 5.43 Å². The van der Waals surface area contributed by atoms with Crippen LogP contribution in [0.15, 0.2) is 83.0 Å². The van der Waals surface area contributed by atoms with Gasteiger partial charge < -0.3 is 0 Å². The van der Waals surface area contributed by atoms with E-state index in [1.165, 1.54) is 0 Å². The standard InChI is InChI=1S/C22H21N7/c1-18-21(27-23-16-8-14-19-10-4-2-5-11-19)25-22(29-26-18)28-24-17-9-15-20-12-6-3-7-13-20/h2-17H,1H3,(H2,25,27,28,29)/b14-8+,15-9+,23-16+,24-17+. The van der Waals surface area contributed by atoms with E-state index in [1.54, 1.807) is 19.4 Å². The van der Waals surface area contributed by atoms with Crippen LogP contribution in [0.1, 0.15) is 16.8 Å². The quantitative estimate of drug-likeness (QED) is 0.445. The molecular weight excluding hydrogens is 362 g/mol. The first kappa shape index (κ1) is 19.6. The number of anilines is 2. The minimum absolute atomic E-state index is 0.275. The average Bonchev–Trinajstić information content (AvgIpc) is 2.76. The Hall–Kier alpha value is -4.13. The fraction of sp³-hybridized carbons (Fsp3) is 0.0455. The summed E-state index contributed by atoms with van der Waals surface area (Å²) in [5.41, 5.74) is 8.44. The molecule has 1 heterocycles. The van der Waals surface area contributed by atoms with Crippen molar-refractivity contribution in [1.82, 2.24) is 15.2 Å². The fourth-order valence-electron chi connectivity index (χ4n) is 2.25. The second kappa shape index (κ2) is 10.9.